The van der Waals surface area contributed by atoms with Gasteiger partial charge in [0.1, 0.15) is 5.60 Å². The molecule has 1 aromatic carbocycles. The fraction of sp³-hybridized carbons (Fsp3) is 0.500. The van der Waals surface area contributed by atoms with Crippen molar-refractivity contribution in [3.8, 4) is 0 Å². The Bertz CT molecular complexity index is 588. The summed E-state index contributed by atoms with van der Waals surface area (Å²) in [4.78, 5) is 11.5. The standard InChI is InChI=1S/C14H22N2O4S/c1-10-6-8-12(9-7-10)11(2)15-21(18,19)16-13(17)20-14(3,4)5/h6-9,11,15H,1-5H3,(H,16,17). The molecule has 2 N–H and O–H groups in total. The monoisotopic (exact) mass is 314 g/mol. The Morgan fingerprint density at radius 2 is 1.71 bits per heavy atom. The van der Waals surface area contributed by atoms with Crippen molar-refractivity contribution in [3.63, 3.8) is 0 Å². The van der Waals surface area contributed by atoms with Gasteiger partial charge in [-0.2, -0.15) is 13.1 Å². The summed E-state index contributed by atoms with van der Waals surface area (Å²) >= 11 is 0. The van der Waals surface area contributed by atoms with E-state index in [-0.39, 0.29) is 0 Å². The van der Waals surface area contributed by atoms with E-state index in [1.54, 1.807) is 27.7 Å². The van der Waals surface area contributed by atoms with Gasteiger partial charge in [0.15, 0.2) is 0 Å². The summed E-state index contributed by atoms with van der Waals surface area (Å²) in [6.45, 7) is 8.60. The largest absolute Gasteiger partial charge is 0.443 e. The number of rotatable bonds is 4. The summed E-state index contributed by atoms with van der Waals surface area (Å²) in [6, 6.07) is 6.97. The second-order valence-corrected chi connectivity index (χ2v) is 7.30. The Kier molecular flexibility index (Phi) is 5.36. The minimum Gasteiger partial charge on any atom is -0.443 e. The number of hydrogen-bond acceptors (Lipinski definition) is 4. The first-order chi connectivity index (χ1) is 9.48. The Balaban J connectivity index is 2.67. The number of amides is 1. The Hall–Kier alpha value is -1.60. The van der Waals surface area contributed by atoms with Crippen LogP contribution in [0.4, 0.5) is 4.79 Å². The van der Waals surface area contributed by atoms with Crippen LogP contribution in [-0.4, -0.2) is 20.1 Å². The van der Waals surface area contributed by atoms with E-state index >= 15 is 0 Å². The van der Waals surface area contributed by atoms with Gasteiger partial charge >= 0.3 is 16.3 Å². The molecule has 6 nitrogen and oxygen atoms in total. The maximum Gasteiger partial charge on any atom is 0.422 e. The van der Waals surface area contributed by atoms with Gasteiger partial charge in [0.25, 0.3) is 0 Å². The molecule has 0 aliphatic carbocycles. The lowest BCUT2D eigenvalue weighted by Gasteiger charge is -2.20. The van der Waals surface area contributed by atoms with Crippen molar-refractivity contribution in [1.82, 2.24) is 9.44 Å². The van der Waals surface area contributed by atoms with Crippen LogP contribution < -0.4 is 9.44 Å². The maximum atomic E-state index is 11.9. The van der Waals surface area contributed by atoms with Crippen LogP contribution in [-0.2, 0) is 14.9 Å². The van der Waals surface area contributed by atoms with E-state index in [0.29, 0.717) is 0 Å². The highest BCUT2D eigenvalue weighted by Crippen LogP contribution is 2.14. The summed E-state index contributed by atoms with van der Waals surface area (Å²) in [5.74, 6) is 0. The lowest BCUT2D eigenvalue weighted by molar-refractivity contribution is 0.0569. The van der Waals surface area contributed by atoms with E-state index < -0.39 is 27.9 Å². The lowest BCUT2D eigenvalue weighted by Crippen LogP contribution is -2.43. The van der Waals surface area contributed by atoms with Crippen LogP contribution in [0.1, 0.15) is 44.9 Å². The van der Waals surface area contributed by atoms with E-state index in [1.807, 2.05) is 35.9 Å². The third kappa shape index (κ3) is 6.59. The summed E-state index contributed by atoms with van der Waals surface area (Å²) in [6.07, 6.45) is -1.01. The highest BCUT2D eigenvalue weighted by Gasteiger charge is 2.22. The average Bonchev–Trinajstić information content (AvgIpc) is 2.24. The van der Waals surface area contributed by atoms with Crippen LogP contribution >= 0.6 is 0 Å². The summed E-state index contributed by atoms with van der Waals surface area (Å²) in [7, 11) is -3.99. The molecule has 0 bridgehead atoms. The normalized spacial score (nSPS) is 13.6. The van der Waals surface area contributed by atoms with Crippen LogP contribution in [0.2, 0.25) is 0 Å². The summed E-state index contributed by atoms with van der Waals surface area (Å²) < 4.78 is 32.8. The van der Waals surface area contributed by atoms with Gasteiger partial charge in [-0.3, -0.25) is 0 Å². The Morgan fingerprint density at radius 3 is 2.19 bits per heavy atom. The molecule has 0 aromatic heterocycles. The van der Waals surface area contributed by atoms with Crippen molar-refractivity contribution in [1.29, 1.82) is 0 Å². The molecule has 1 unspecified atom stereocenters. The van der Waals surface area contributed by atoms with Gasteiger partial charge in [-0.1, -0.05) is 29.8 Å². The molecule has 1 amide bonds. The van der Waals surface area contributed by atoms with Crippen LogP contribution in [0.15, 0.2) is 24.3 Å². The zero-order valence-electron chi connectivity index (χ0n) is 12.9. The fourth-order valence-corrected chi connectivity index (χ4v) is 2.52. The quantitative estimate of drug-likeness (QED) is 0.894. The second kappa shape index (κ2) is 6.44. The second-order valence-electron chi connectivity index (χ2n) is 5.86. The molecule has 118 valence electrons. The molecule has 0 fully saturated rings. The predicted molar refractivity (Wildman–Crippen MR) is 81.0 cm³/mol. The minimum absolute atomic E-state index is 0.467. The van der Waals surface area contributed by atoms with Crippen LogP contribution in [0, 0.1) is 6.92 Å². The number of carbonyl (C=O) groups excluding carboxylic acids is 1. The van der Waals surface area contributed by atoms with Gasteiger partial charge in [0, 0.05) is 6.04 Å². The van der Waals surface area contributed by atoms with Crippen molar-refractivity contribution >= 4 is 16.3 Å². The van der Waals surface area contributed by atoms with E-state index in [1.165, 1.54) is 0 Å². The van der Waals surface area contributed by atoms with Gasteiger partial charge in [-0.05, 0) is 40.2 Å². The first-order valence-electron chi connectivity index (χ1n) is 6.58. The van der Waals surface area contributed by atoms with E-state index in [9.17, 15) is 13.2 Å². The predicted octanol–water partition coefficient (Wildman–Crippen LogP) is 2.42. The number of nitrogens with one attached hydrogen (secondary N) is 2. The van der Waals surface area contributed by atoms with E-state index in [4.69, 9.17) is 4.74 Å². The van der Waals surface area contributed by atoms with Crippen molar-refractivity contribution in [2.75, 3.05) is 0 Å². The molecule has 0 saturated carbocycles. The fourth-order valence-electron chi connectivity index (χ4n) is 1.59. The van der Waals surface area contributed by atoms with Gasteiger partial charge in [-0.25, -0.2) is 9.52 Å². The number of aryl methyl sites for hydroxylation is 1. The number of benzene rings is 1. The average molecular weight is 314 g/mol. The highest BCUT2D eigenvalue weighted by molar-refractivity contribution is 7.88. The SMILES string of the molecule is Cc1ccc(C(C)NS(=O)(=O)NC(=O)OC(C)(C)C)cc1. The molecule has 1 atom stereocenters. The zero-order chi connectivity index (χ0) is 16.3. The zero-order valence-corrected chi connectivity index (χ0v) is 13.7. The molecule has 0 spiro atoms. The third-order valence-corrected chi connectivity index (χ3v) is 3.63. The van der Waals surface area contributed by atoms with Crippen molar-refractivity contribution in [2.45, 2.75) is 46.3 Å². The Labute approximate surface area is 126 Å². The Morgan fingerprint density at radius 1 is 1.19 bits per heavy atom. The molecule has 0 saturated heterocycles. The number of ether oxygens (including phenoxy) is 1. The van der Waals surface area contributed by atoms with Crippen LogP contribution in [0.25, 0.3) is 0 Å². The maximum absolute atomic E-state index is 11.9. The third-order valence-electron chi connectivity index (χ3n) is 2.53. The molecule has 1 aromatic rings. The molecule has 0 aliphatic heterocycles. The smallest absolute Gasteiger partial charge is 0.422 e. The van der Waals surface area contributed by atoms with Crippen LogP contribution in [0.3, 0.4) is 0 Å². The molecule has 1 rings (SSSR count). The van der Waals surface area contributed by atoms with E-state index in [2.05, 4.69) is 4.72 Å². The van der Waals surface area contributed by atoms with Gasteiger partial charge in [-0.15, -0.1) is 0 Å². The highest BCUT2D eigenvalue weighted by atomic mass is 32.2. The molecular formula is C14H22N2O4S. The molecule has 0 heterocycles. The molecule has 0 radical (unpaired) electrons. The van der Waals surface area contributed by atoms with Crippen LogP contribution in [0.5, 0.6) is 0 Å². The number of hydrogen-bond donors (Lipinski definition) is 2. The van der Waals surface area contributed by atoms with Crippen molar-refractivity contribution < 1.29 is 17.9 Å². The van der Waals surface area contributed by atoms with Gasteiger partial charge in [0.2, 0.25) is 0 Å². The van der Waals surface area contributed by atoms with Gasteiger partial charge in [0.05, 0.1) is 0 Å². The molecule has 0 aliphatic rings. The molecule has 21 heavy (non-hydrogen) atoms. The van der Waals surface area contributed by atoms with Gasteiger partial charge < -0.3 is 4.74 Å². The lowest BCUT2D eigenvalue weighted by atomic mass is 10.1. The number of carbonyl (C=O) groups is 1. The van der Waals surface area contributed by atoms with Crippen molar-refractivity contribution in [2.24, 2.45) is 0 Å². The summed E-state index contributed by atoms with van der Waals surface area (Å²) in [5, 5.41) is 0. The van der Waals surface area contributed by atoms with E-state index in [0.717, 1.165) is 11.1 Å². The topological polar surface area (TPSA) is 84.5 Å². The molecular weight excluding hydrogens is 292 g/mol. The minimum atomic E-state index is -3.99. The first kappa shape index (κ1) is 17.5. The van der Waals surface area contributed by atoms with Crippen molar-refractivity contribution in [3.05, 3.63) is 35.4 Å². The summed E-state index contributed by atoms with van der Waals surface area (Å²) in [5.41, 5.74) is 1.12. The first-order valence-corrected chi connectivity index (χ1v) is 8.06. The molecule has 7 heteroatoms.